The molecule has 2 aliphatic heterocycles. The lowest BCUT2D eigenvalue weighted by Gasteiger charge is -2.32. The Labute approximate surface area is 269 Å². The van der Waals surface area contributed by atoms with Gasteiger partial charge >= 0.3 is 5.97 Å². The average molecular weight is 632 g/mol. The Morgan fingerprint density at radius 1 is 0.978 bits per heavy atom. The molecule has 0 unspecified atom stereocenters. The van der Waals surface area contributed by atoms with Crippen LogP contribution in [0, 0.1) is 17.8 Å². The van der Waals surface area contributed by atoms with Crippen molar-refractivity contribution in [1.82, 2.24) is 23.9 Å². The van der Waals surface area contributed by atoms with E-state index in [9.17, 15) is 9.59 Å². The molecule has 5 heterocycles. The molecule has 10 heteroatoms. The molecule has 1 aliphatic carbocycles. The number of nitrogens with zero attached hydrogens (tertiary/aromatic N) is 5. The molecule has 7 rings (SSSR count). The first-order chi connectivity index (χ1) is 22.0. The van der Waals surface area contributed by atoms with Crippen LogP contribution in [0.3, 0.4) is 0 Å². The zero-order valence-electron chi connectivity index (χ0n) is 26.8. The first-order valence-electron chi connectivity index (χ1n) is 16.7. The molecular weight excluding hydrogens is 586 g/mol. The molecular formula is C35H45N5O4S. The molecule has 1 amide bonds. The molecule has 0 N–H and O–H groups in total. The molecule has 3 aromatic heterocycles. The Hall–Kier alpha value is -3.37. The molecule has 240 valence electrons. The van der Waals surface area contributed by atoms with Crippen LogP contribution in [-0.2, 0) is 22.6 Å². The van der Waals surface area contributed by atoms with Gasteiger partial charge in [0.2, 0.25) is 0 Å². The normalized spacial score (nSPS) is 19.9. The van der Waals surface area contributed by atoms with E-state index in [2.05, 4.69) is 38.5 Å². The van der Waals surface area contributed by atoms with Gasteiger partial charge in [-0.3, -0.25) is 9.59 Å². The van der Waals surface area contributed by atoms with Crippen LogP contribution in [0.15, 0.2) is 29.6 Å². The zero-order valence-corrected chi connectivity index (χ0v) is 27.6. The highest BCUT2D eigenvalue weighted by atomic mass is 32.1. The fraction of sp³-hybridized carbons (Fsp3) is 0.571. The molecule has 1 atom stereocenters. The second-order valence-electron chi connectivity index (χ2n) is 13.2. The summed E-state index contributed by atoms with van der Waals surface area (Å²) < 4.78 is 15.8. The van der Waals surface area contributed by atoms with Gasteiger partial charge in [-0.25, -0.2) is 4.98 Å². The lowest BCUT2D eigenvalue weighted by atomic mass is 9.95. The predicted octanol–water partition coefficient (Wildman–Crippen LogP) is 6.29. The number of imidazole rings is 1. The fourth-order valence-corrected chi connectivity index (χ4v) is 8.29. The Bertz CT molecular complexity index is 1690. The molecule has 1 saturated carbocycles. The highest BCUT2D eigenvalue weighted by molar-refractivity contribution is 7.16. The number of hydrogen-bond acceptors (Lipinski definition) is 7. The van der Waals surface area contributed by atoms with Crippen molar-refractivity contribution in [2.24, 2.45) is 17.8 Å². The lowest BCUT2D eigenvalue weighted by molar-refractivity contribution is -0.147. The standard InChI is InChI=1S/C35H45N5O4S/c1-4-23-6-5-12-38(21-23)33(41)27-18-28-31(30(20-27)43-2)39(16-15-37-13-9-25(10-14-37)35(42)44-3)32(36-28)29-19-26-11-17-45-34(26)40(29)22-24-7-8-24/h11,17-20,23-25H,4-10,12-16,21-22H2,1-3H3/t23-/m1/s1. The number of likely N-dealkylation sites (tertiary alicyclic amines) is 2. The number of fused-ring (bicyclic) bond motifs is 2. The molecule has 0 spiro atoms. The van der Waals surface area contributed by atoms with Crippen LogP contribution in [0.2, 0.25) is 0 Å². The van der Waals surface area contributed by atoms with E-state index in [1.807, 2.05) is 17.0 Å². The monoisotopic (exact) mass is 631 g/mol. The van der Waals surface area contributed by atoms with Crippen molar-refractivity contribution in [3.8, 4) is 17.3 Å². The van der Waals surface area contributed by atoms with Gasteiger partial charge in [0, 0.05) is 43.7 Å². The summed E-state index contributed by atoms with van der Waals surface area (Å²) in [5.74, 6) is 2.83. The van der Waals surface area contributed by atoms with E-state index in [1.165, 1.54) is 36.6 Å². The van der Waals surface area contributed by atoms with Gasteiger partial charge in [-0.05, 0) is 93.1 Å². The largest absolute Gasteiger partial charge is 0.494 e. The van der Waals surface area contributed by atoms with Crippen molar-refractivity contribution in [3.63, 3.8) is 0 Å². The Balaban J connectivity index is 1.27. The summed E-state index contributed by atoms with van der Waals surface area (Å²) in [6, 6.07) is 8.38. The van der Waals surface area contributed by atoms with Crippen molar-refractivity contribution < 1.29 is 19.1 Å². The molecule has 9 nitrogen and oxygen atoms in total. The van der Waals surface area contributed by atoms with Crippen LogP contribution < -0.4 is 4.74 Å². The van der Waals surface area contributed by atoms with Gasteiger partial charge < -0.3 is 28.4 Å². The Morgan fingerprint density at radius 3 is 2.53 bits per heavy atom. The van der Waals surface area contributed by atoms with E-state index < -0.39 is 0 Å². The second-order valence-corrected chi connectivity index (χ2v) is 14.1. The van der Waals surface area contributed by atoms with Crippen molar-refractivity contribution in [2.45, 2.75) is 65.0 Å². The highest BCUT2D eigenvalue weighted by Crippen LogP contribution is 2.40. The summed E-state index contributed by atoms with van der Waals surface area (Å²) in [7, 11) is 3.17. The third-order valence-electron chi connectivity index (χ3n) is 10.3. The zero-order chi connectivity index (χ0) is 31.1. The molecule has 0 bridgehead atoms. The minimum Gasteiger partial charge on any atom is -0.494 e. The molecule has 0 radical (unpaired) electrons. The summed E-state index contributed by atoms with van der Waals surface area (Å²) in [4.78, 5) is 37.0. The predicted molar refractivity (Wildman–Crippen MR) is 178 cm³/mol. The second kappa shape index (κ2) is 12.8. The SMILES string of the molecule is CC[C@@H]1CCCN(C(=O)c2cc(OC)c3c(c2)nc(-c2cc4ccsc4n2CC2CC2)n3CCN2CCC(C(=O)OC)CC2)C1. The topological polar surface area (TPSA) is 81.8 Å². The summed E-state index contributed by atoms with van der Waals surface area (Å²) >= 11 is 1.79. The first kappa shape index (κ1) is 30.3. The van der Waals surface area contributed by atoms with Gasteiger partial charge in [0.1, 0.15) is 16.1 Å². The van der Waals surface area contributed by atoms with Crippen LogP contribution in [-0.4, -0.2) is 82.7 Å². The lowest BCUT2D eigenvalue weighted by Crippen LogP contribution is -2.39. The van der Waals surface area contributed by atoms with Crippen LogP contribution >= 0.6 is 11.3 Å². The van der Waals surface area contributed by atoms with E-state index >= 15 is 0 Å². The number of aromatic nitrogens is 3. The molecule has 2 saturated heterocycles. The summed E-state index contributed by atoms with van der Waals surface area (Å²) in [6.45, 7) is 8.11. The number of carbonyl (C=O) groups excluding carboxylic acids is 2. The van der Waals surface area contributed by atoms with E-state index in [1.54, 1.807) is 18.4 Å². The Kier molecular flexibility index (Phi) is 8.61. The minimum absolute atomic E-state index is 0.0157. The van der Waals surface area contributed by atoms with Crippen LogP contribution in [0.25, 0.3) is 32.8 Å². The number of thiophene rings is 1. The fourth-order valence-electron chi connectivity index (χ4n) is 7.39. The van der Waals surface area contributed by atoms with E-state index in [0.29, 0.717) is 23.1 Å². The van der Waals surface area contributed by atoms with E-state index in [-0.39, 0.29) is 17.8 Å². The summed E-state index contributed by atoms with van der Waals surface area (Å²) in [5.41, 5.74) is 3.50. The molecule has 4 aromatic rings. The van der Waals surface area contributed by atoms with Crippen LogP contribution in [0.1, 0.15) is 62.2 Å². The quantitative estimate of drug-likeness (QED) is 0.192. The van der Waals surface area contributed by atoms with Gasteiger partial charge in [-0.2, -0.15) is 0 Å². The highest BCUT2D eigenvalue weighted by Gasteiger charge is 2.30. The molecule has 1 aromatic carbocycles. The maximum atomic E-state index is 13.8. The smallest absolute Gasteiger partial charge is 0.308 e. The van der Waals surface area contributed by atoms with Crippen molar-refractivity contribution in [1.29, 1.82) is 0 Å². The number of carbonyl (C=O) groups is 2. The van der Waals surface area contributed by atoms with Gasteiger partial charge in [0.25, 0.3) is 5.91 Å². The number of piperidine rings is 2. The number of amides is 1. The molecule has 3 fully saturated rings. The summed E-state index contributed by atoms with van der Waals surface area (Å²) in [5, 5.41) is 3.42. The van der Waals surface area contributed by atoms with Crippen LogP contribution in [0.5, 0.6) is 5.75 Å². The number of hydrogen-bond donors (Lipinski definition) is 0. The Morgan fingerprint density at radius 2 is 1.80 bits per heavy atom. The number of benzene rings is 1. The van der Waals surface area contributed by atoms with Crippen molar-refractivity contribution in [3.05, 3.63) is 35.2 Å². The number of methoxy groups -OCH3 is 2. The van der Waals surface area contributed by atoms with Crippen molar-refractivity contribution >= 4 is 44.5 Å². The van der Waals surface area contributed by atoms with Gasteiger partial charge in [-0.1, -0.05) is 13.3 Å². The maximum Gasteiger partial charge on any atom is 0.308 e. The minimum atomic E-state index is -0.0983. The van der Waals surface area contributed by atoms with Crippen molar-refractivity contribution in [2.75, 3.05) is 46.9 Å². The van der Waals surface area contributed by atoms with E-state index in [0.717, 1.165) is 94.0 Å². The van der Waals surface area contributed by atoms with Gasteiger partial charge in [-0.15, -0.1) is 11.3 Å². The maximum absolute atomic E-state index is 13.8. The van der Waals surface area contributed by atoms with Gasteiger partial charge in [0.15, 0.2) is 5.82 Å². The number of rotatable bonds is 10. The molecule has 45 heavy (non-hydrogen) atoms. The number of esters is 1. The summed E-state index contributed by atoms with van der Waals surface area (Å²) in [6.07, 6.45) is 7.51. The van der Waals surface area contributed by atoms with E-state index in [4.69, 9.17) is 14.5 Å². The number of ether oxygens (including phenoxy) is 2. The average Bonchev–Trinajstić information content (AvgIpc) is 3.50. The molecule has 3 aliphatic rings. The van der Waals surface area contributed by atoms with Crippen LogP contribution in [0.4, 0.5) is 0 Å². The van der Waals surface area contributed by atoms with Gasteiger partial charge in [0.05, 0.1) is 31.3 Å². The third kappa shape index (κ3) is 5.99. The first-order valence-corrected chi connectivity index (χ1v) is 17.6. The third-order valence-corrected chi connectivity index (χ3v) is 11.2.